The number of benzene rings is 1. The summed E-state index contributed by atoms with van der Waals surface area (Å²) in [5.74, 6) is 0.963. The smallest absolute Gasteiger partial charge is 0.127 e. The summed E-state index contributed by atoms with van der Waals surface area (Å²) in [4.78, 5) is 0. The molecule has 2 nitrogen and oxygen atoms in total. The zero-order chi connectivity index (χ0) is 9.84. The number of rotatable bonds is 3. The van der Waals surface area contributed by atoms with Gasteiger partial charge in [0.15, 0.2) is 0 Å². The van der Waals surface area contributed by atoms with Crippen LogP contribution in [-0.2, 0) is 12.8 Å². The van der Waals surface area contributed by atoms with E-state index in [9.17, 15) is 0 Å². The fraction of sp³-hybridized carbons (Fsp3) is 0.455. The summed E-state index contributed by atoms with van der Waals surface area (Å²) < 4.78 is 5.36. The van der Waals surface area contributed by atoms with Crippen molar-refractivity contribution in [1.29, 1.82) is 0 Å². The Balaban J connectivity index is 3.27. The minimum absolute atomic E-state index is 0.830. The van der Waals surface area contributed by atoms with Crippen molar-refractivity contribution < 1.29 is 4.74 Å². The molecule has 1 rings (SSSR count). The minimum Gasteiger partial charge on any atom is -0.496 e. The van der Waals surface area contributed by atoms with E-state index in [2.05, 4.69) is 13.8 Å². The summed E-state index contributed by atoms with van der Waals surface area (Å²) in [6.45, 7) is 4.21. The van der Waals surface area contributed by atoms with Crippen molar-refractivity contribution in [3.8, 4) is 5.75 Å². The summed E-state index contributed by atoms with van der Waals surface area (Å²) in [7, 11) is 1.70. The Morgan fingerprint density at radius 3 is 2.38 bits per heavy atom. The van der Waals surface area contributed by atoms with E-state index in [1.54, 1.807) is 7.11 Å². The van der Waals surface area contributed by atoms with Gasteiger partial charge in [0.1, 0.15) is 5.75 Å². The fourth-order valence-corrected chi connectivity index (χ4v) is 1.59. The van der Waals surface area contributed by atoms with Gasteiger partial charge >= 0.3 is 0 Å². The Hall–Kier alpha value is -1.18. The lowest BCUT2D eigenvalue weighted by atomic mass is 10.0. The maximum absolute atomic E-state index is 5.85. The Morgan fingerprint density at radius 2 is 1.92 bits per heavy atom. The van der Waals surface area contributed by atoms with Gasteiger partial charge in [-0.25, -0.2) is 0 Å². The third-order valence-electron chi connectivity index (χ3n) is 2.32. The van der Waals surface area contributed by atoms with Crippen LogP contribution in [0, 0.1) is 0 Å². The molecule has 0 atom stereocenters. The molecule has 72 valence electrons. The summed E-state index contributed by atoms with van der Waals surface area (Å²) in [5, 5.41) is 0. The summed E-state index contributed by atoms with van der Waals surface area (Å²) >= 11 is 0. The highest BCUT2D eigenvalue weighted by Crippen LogP contribution is 2.29. The first-order valence-electron chi connectivity index (χ1n) is 4.68. The van der Waals surface area contributed by atoms with Crippen LogP contribution < -0.4 is 10.5 Å². The SMILES string of the molecule is CCc1ccc(N)c(CC)c1OC. The predicted octanol–water partition coefficient (Wildman–Crippen LogP) is 2.40. The Kier molecular flexibility index (Phi) is 3.18. The second-order valence-electron chi connectivity index (χ2n) is 3.03. The molecule has 0 fully saturated rings. The molecule has 0 aromatic heterocycles. The number of aryl methyl sites for hydroxylation is 1. The lowest BCUT2D eigenvalue weighted by molar-refractivity contribution is 0.406. The van der Waals surface area contributed by atoms with Gasteiger partial charge in [-0.15, -0.1) is 0 Å². The van der Waals surface area contributed by atoms with Crippen LogP contribution in [0.3, 0.4) is 0 Å². The maximum atomic E-state index is 5.85. The van der Waals surface area contributed by atoms with E-state index in [-0.39, 0.29) is 0 Å². The quantitative estimate of drug-likeness (QED) is 0.723. The maximum Gasteiger partial charge on any atom is 0.127 e. The van der Waals surface area contributed by atoms with Gasteiger partial charge in [-0.3, -0.25) is 0 Å². The fourth-order valence-electron chi connectivity index (χ4n) is 1.59. The minimum atomic E-state index is 0.830. The predicted molar refractivity (Wildman–Crippen MR) is 56.2 cm³/mol. The van der Waals surface area contributed by atoms with Crippen LogP contribution in [0.25, 0.3) is 0 Å². The molecular weight excluding hydrogens is 162 g/mol. The van der Waals surface area contributed by atoms with E-state index >= 15 is 0 Å². The van der Waals surface area contributed by atoms with E-state index < -0.39 is 0 Å². The first kappa shape index (κ1) is 9.90. The Labute approximate surface area is 79.7 Å². The van der Waals surface area contributed by atoms with Gasteiger partial charge in [0.2, 0.25) is 0 Å². The summed E-state index contributed by atoms with van der Waals surface area (Å²) in [5.41, 5.74) is 9.04. The number of hydrogen-bond donors (Lipinski definition) is 1. The van der Waals surface area contributed by atoms with Gasteiger partial charge in [-0.2, -0.15) is 0 Å². The van der Waals surface area contributed by atoms with Crippen molar-refractivity contribution >= 4 is 5.69 Å². The van der Waals surface area contributed by atoms with Crippen LogP contribution >= 0.6 is 0 Å². The lowest BCUT2D eigenvalue weighted by Crippen LogP contribution is -2.00. The van der Waals surface area contributed by atoms with Gasteiger partial charge in [-0.05, 0) is 24.5 Å². The zero-order valence-corrected chi connectivity index (χ0v) is 8.55. The molecular formula is C11H17NO. The molecule has 0 bridgehead atoms. The molecule has 0 spiro atoms. The van der Waals surface area contributed by atoms with E-state index in [1.807, 2.05) is 12.1 Å². The van der Waals surface area contributed by atoms with Crippen LogP contribution in [0.2, 0.25) is 0 Å². The van der Waals surface area contributed by atoms with Gasteiger partial charge in [0.05, 0.1) is 7.11 Å². The van der Waals surface area contributed by atoms with Gasteiger partial charge < -0.3 is 10.5 Å². The zero-order valence-electron chi connectivity index (χ0n) is 8.55. The van der Waals surface area contributed by atoms with E-state index in [0.29, 0.717) is 0 Å². The normalized spacial score (nSPS) is 10.1. The molecule has 0 aliphatic rings. The van der Waals surface area contributed by atoms with Crippen LogP contribution in [-0.4, -0.2) is 7.11 Å². The molecule has 0 aliphatic carbocycles. The van der Waals surface area contributed by atoms with Crippen LogP contribution in [0.5, 0.6) is 5.75 Å². The van der Waals surface area contributed by atoms with Crippen molar-refractivity contribution in [3.05, 3.63) is 23.3 Å². The van der Waals surface area contributed by atoms with Crippen LogP contribution in [0.15, 0.2) is 12.1 Å². The summed E-state index contributed by atoms with van der Waals surface area (Å²) in [6.07, 6.45) is 1.90. The molecule has 1 aromatic rings. The van der Waals surface area contributed by atoms with Gasteiger partial charge in [-0.1, -0.05) is 19.9 Å². The lowest BCUT2D eigenvalue weighted by Gasteiger charge is -2.13. The van der Waals surface area contributed by atoms with E-state index in [4.69, 9.17) is 10.5 Å². The highest BCUT2D eigenvalue weighted by Gasteiger charge is 2.08. The second kappa shape index (κ2) is 4.17. The molecule has 1 aromatic carbocycles. The first-order chi connectivity index (χ1) is 6.24. The number of nitrogen functional groups attached to an aromatic ring is 1. The largest absolute Gasteiger partial charge is 0.496 e. The molecule has 0 aliphatic heterocycles. The first-order valence-corrected chi connectivity index (χ1v) is 4.68. The average molecular weight is 179 g/mol. The Morgan fingerprint density at radius 1 is 1.23 bits per heavy atom. The topological polar surface area (TPSA) is 35.2 Å². The third-order valence-corrected chi connectivity index (χ3v) is 2.32. The molecule has 0 unspecified atom stereocenters. The number of methoxy groups -OCH3 is 1. The molecule has 0 saturated heterocycles. The highest BCUT2D eigenvalue weighted by atomic mass is 16.5. The average Bonchev–Trinajstić information content (AvgIpc) is 2.17. The summed E-state index contributed by atoms with van der Waals surface area (Å²) in [6, 6.07) is 3.99. The molecule has 0 saturated carbocycles. The molecule has 2 heteroatoms. The number of ether oxygens (including phenoxy) is 1. The second-order valence-corrected chi connectivity index (χ2v) is 3.03. The highest BCUT2D eigenvalue weighted by molar-refractivity contribution is 5.57. The van der Waals surface area contributed by atoms with Crippen molar-refractivity contribution in [1.82, 2.24) is 0 Å². The molecule has 0 radical (unpaired) electrons. The third kappa shape index (κ3) is 1.77. The van der Waals surface area contributed by atoms with Crippen LogP contribution in [0.4, 0.5) is 5.69 Å². The standard InChI is InChI=1S/C11H17NO/c1-4-8-6-7-10(12)9(5-2)11(8)13-3/h6-7H,4-5,12H2,1-3H3. The van der Waals surface area contributed by atoms with Crippen LogP contribution in [0.1, 0.15) is 25.0 Å². The number of nitrogens with two attached hydrogens (primary N) is 1. The molecule has 0 heterocycles. The number of anilines is 1. The number of hydrogen-bond acceptors (Lipinski definition) is 2. The van der Waals surface area contributed by atoms with E-state index in [0.717, 1.165) is 29.8 Å². The monoisotopic (exact) mass is 179 g/mol. The Bertz CT molecular complexity index is 294. The van der Waals surface area contributed by atoms with Crippen molar-refractivity contribution in [3.63, 3.8) is 0 Å². The molecule has 2 N–H and O–H groups in total. The van der Waals surface area contributed by atoms with Crippen molar-refractivity contribution in [2.45, 2.75) is 26.7 Å². The van der Waals surface area contributed by atoms with Gasteiger partial charge in [0.25, 0.3) is 0 Å². The van der Waals surface area contributed by atoms with Crippen molar-refractivity contribution in [2.75, 3.05) is 12.8 Å². The van der Waals surface area contributed by atoms with E-state index in [1.165, 1.54) is 5.56 Å². The molecule has 0 amide bonds. The molecule has 13 heavy (non-hydrogen) atoms. The van der Waals surface area contributed by atoms with Crippen molar-refractivity contribution in [2.24, 2.45) is 0 Å². The van der Waals surface area contributed by atoms with Gasteiger partial charge in [0, 0.05) is 11.3 Å².